The molecule has 0 bridgehead atoms. The molecule has 0 aromatic rings. The summed E-state index contributed by atoms with van der Waals surface area (Å²) in [5.41, 5.74) is 0. The summed E-state index contributed by atoms with van der Waals surface area (Å²) in [6.45, 7) is 1.93. The van der Waals surface area contributed by atoms with Crippen molar-refractivity contribution in [2.75, 3.05) is 13.2 Å². The van der Waals surface area contributed by atoms with Crippen molar-refractivity contribution in [2.45, 2.75) is 63.5 Å². The zero-order chi connectivity index (χ0) is 10.8. The molecule has 1 aliphatic heterocycles. The van der Waals surface area contributed by atoms with E-state index in [0.29, 0.717) is 6.04 Å². The molecule has 1 heterocycles. The normalized spacial score (nSPS) is 34.1. The maximum Gasteiger partial charge on any atom is 0.0620 e. The van der Waals surface area contributed by atoms with Gasteiger partial charge in [0.2, 0.25) is 0 Å². The Morgan fingerprint density at radius 2 is 1.62 bits per heavy atom. The Kier molecular flexibility index (Phi) is 3.49. The molecular weight excluding hydrogens is 198 g/mol. The van der Waals surface area contributed by atoms with Crippen molar-refractivity contribution >= 4 is 0 Å². The second-order valence-corrected chi connectivity index (χ2v) is 5.99. The molecule has 0 aromatic heterocycles. The summed E-state index contributed by atoms with van der Waals surface area (Å²) in [6.07, 6.45) is 11.5. The highest BCUT2D eigenvalue weighted by molar-refractivity contribution is 4.94. The van der Waals surface area contributed by atoms with Crippen LogP contribution < -0.4 is 5.32 Å². The van der Waals surface area contributed by atoms with Crippen LogP contribution in [-0.2, 0) is 4.74 Å². The fourth-order valence-electron chi connectivity index (χ4n) is 3.54. The van der Waals surface area contributed by atoms with Crippen molar-refractivity contribution in [1.82, 2.24) is 5.32 Å². The molecule has 2 heteroatoms. The van der Waals surface area contributed by atoms with Crippen LogP contribution in [0.15, 0.2) is 0 Å². The molecule has 16 heavy (non-hydrogen) atoms. The third kappa shape index (κ3) is 2.60. The Morgan fingerprint density at radius 1 is 0.875 bits per heavy atom. The van der Waals surface area contributed by atoms with Crippen molar-refractivity contribution in [3.8, 4) is 0 Å². The van der Waals surface area contributed by atoms with Crippen LogP contribution in [0.4, 0.5) is 0 Å². The Labute approximate surface area is 99.1 Å². The average molecular weight is 223 g/mol. The third-order valence-electron chi connectivity index (χ3n) is 4.65. The maximum atomic E-state index is 5.48. The van der Waals surface area contributed by atoms with Gasteiger partial charge in [-0.3, -0.25) is 0 Å². The number of ether oxygens (including phenoxy) is 1. The Balaban J connectivity index is 1.56. The fraction of sp³-hybridized carbons (Fsp3) is 1.00. The van der Waals surface area contributed by atoms with E-state index in [1.807, 2.05) is 0 Å². The summed E-state index contributed by atoms with van der Waals surface area (Å²) in [5, 5.41) is 3.92. The van der Waals surface area contributed by atoms with Gasteiger partial charge in [0.1, 0.15) is 0 Å². The van der Waals surface area contributed by atoms with E-state index in [2.05, 4.69) is 5.32 Å². The van der Waals surface area contributed by atoms with Crippen molar-refractivity contribution < 1.29 is 4.74 Å². The average Bonchev–Trinajstić information content (AvgIpc) is 3.05. The van der Waals surface area contributed by atoms with E-state index in [9.17, 15) is 0 Å². The Morgan fingerprint density at radius 3 is 2.25 bits per heavy atom. The van der Waals surface area contributed by atoms with Gasteiger partial charge < -0.3 is 10.1 Å². The molecule has 0 unspecified atom stereocenters. The highest BCUT2D eigenvalue weighted by atomic mass is 16.5. The van der Waals surface area contributed by atoms with Gasteiger partial charge in [0, 0.05) is 18.7 Å². The van der Waals surface area contributed by atoms with Gasteiger partial charge in [0.05, 0.1) is 6.61 Å². The summed E-state index contributed by atoms with van der Waals surface area (Å²) < 4.78 is 5.48. The van der Waals surface area contributed by atoms with Crippen molar-refractivity contribution in [2.24, 2.45) is 11.8 Å². The van der Waals surface area contributed by atoms with Gasteiger partial charge in [-0.25, -0.2) is 0 Å². The lowest BCUT2D eigenvalue weighted by Crippen LogP contribution is -2.45. The number of hydrogen-bond acceptors (Lipinski definition) is 2. The Bertz CT molecular complexity index is 215. The van der Waals surface area contributed by atoms with E-state index in [0.717, 1.165) is 31.1 Å². The van der Waals surface area contributed by atoms with Crippen LogP contribution in [0.5, 0.6) is 0 Å². The highest BCUT2D eigenvalue weighted by Crippen LogP contribution is 2.40. The van der Waals surface area contributed by atoms with E-state index in [4.69, 9.17) is 4.74 Å². The molecule has 3 rings (SSSR count). The van der Waals surface area contributed by atoms with Crippen LogP contribution >= 0.6 is 0 Å². The van der Waals surface area contributed by atoms with E-state index < -0.39 is 0 Å². The van der Waals surface area contributed by atoms with Gasteiger partial charge >= 0.3 is 0 Å². The van der Waals surface area contributed by atoms with Crippen molar-refractivity contribution in [3.05, 3.63) is 0 Å². The minimum absolute atomic E-state index is 0.660. The number of nitrogens with one attached hydrogen (secondary N) is 1. The summed E-state index contributed by atoms with van der Waals surface area (Å²) in [6, 6.07) is 1.49. The second kappa shape index (κ2) is 5.05. The minimum atomic E-state index is 0.660. The molecule has 1 N–H and O–H groups in total. The van der Waals surface area contributed by atoms with Crippen LogP contribution in [0, 0.1) is 11.8 Å². The highest BCUT2D eigenvalue weighted by Gasteiger charge is 2.38. The smallest absolute Gasteiger partial charge is 0.0620 e. The van der Waals surface area contributed by atoms with Gasteiger partial charge in [-0.05, 0) is 43.9 Å². The zero-order valence-corrected chi connectivity index (χ0v) is 10.3. The summed E-state index contributed by atoms with van der Waals surface area (Å²) >= 11 is 0. The second-order valence-electron chi connectivity index (χ2n) is 5.99. The lowest BCUT2D eigenvalue weighted by atomic mass is 9.81. The molecule has 2 nitrogen and oxygen atoms in total. The predicted octanol–water partition coefficient (Wildman–Crippen LogP) is 2.72. The van der Waals surface area contributed by atoms with Crippen molar-refractivity contribution in [1.29, 1.82) is 0 Å². The molecule has 0 aromatic carbocycles. The largest absolute Gasteiger partial charge is 0.380 e. The first-order chi connectivity index (χ1) is 7.93. The van der Waals surface area contributed by atoms with E-state index in [-0.39, 0.29) is 0 Å². The third-order valence-corrected chi connectivity index (χ3v) is 4.65. The molecule has 0 amide bonds. The molecule has 2 atom stereocenters. The first-order valence-electron chi connectivity index (χ1n) is 7.27. The lowest BCUT2D eigenvalue weighted by Gasteiger charge is -2.33. The first kappa shape index (κ1) is 11.0. The molecule has 2 saturated carbocycles. The molecular formula is C14H25NO. The minimum Gasteiger partial charge on any atom is -0.380 e. The molecule has 0 spiro atoms. The number of hydrogen-bond donors (Lipinski definition) is 1. The van der Waals surface area contributed by atoms with Gasteiger partial charge in [-0.2, -0.15) is 0 Å². The van der Waals surface area contributed by atoms with Crippen LogP contribution in [0.2, 0.25) is 0 Å². The Hall–Kier alpha value is -0.0800. The lowest BCUT2D eigenvalue weighted by molar-refractivity contribution is 0.177. The zero-order valence-electron chi connectivity index (χ0n) is 10.3. The number of rotatable bonds is 4. The molecule has 1 saturated heterocycles. The van der Waals surface area contributed by atoms with Crippen LogP contribution in [0.1, 0.15) is 51.4 Å². The van der Waals surface area contributed by atoms with Gasteiger partial charge in [0.25, 0.3) is 0 Å². The molecule has 3 aliphatic rings. The van der Waals surface area contributed by atoms with E-state index >= 15 is 0 Å². The quantitative estimate of drug-likeness (QED) is 0.791. The predicted molar refractivity (Wildman–Crippen MR) is 65.4 cm³/mol. The van der Waals surface area contributed by atoms with Gasteiger partial charge in [-0.15, -0.1) is 0 Å². The standard InChI is InChI=1S/C14H25NO/c1-2-4-11(5-3-1)14(12-6-7-12)15-13-8-9-16-10-13/h11-15H,1-10H2/t13-,14+/m0/s1. The van der Waals surface area contributed by atoms with E-state index in [1.165, 1.54) is 51.4 Å². The van der Waals surface area contributed by atoms with Crippen molar-refractivity contribution in [3.63, 3.8) is 0 Å². The fourth-order valence-corrected chi connectivity index (χ4v) is 3.54. The summed E-state index contributed by atoms with van der Waals surface area (Å²) in [4.78, 5) is 0. The summed E-state index contributed by atoms with van der Waals surface area (Å²) in [7, 11) is 0. The molecule has 2 aliphatic carbocycles. The van der Waals surface area contributed by atoms with Gasteiger partial charge in [-0.1, -0.05) is 19.3 Å². The topological polar surface area (TPSA) is 21.3 Å². The van der Waals surface area contributed by atoms with Gasteiger partial charge in [0.15, 0.2) is 0 Å². The van der Waals surface area contributed by atoms with E-state index in [1.54, 1.807) is 0 Å². The summed E-state index contributed by atoms with van der Waals surface area (Å²) in [5.74, 6) is 1.98. The van der Waals surface area contributed by atoms with Crippen LogP contribution in [-0.4, -0.2) is 25.3 Å². The molecule has 0 radical (unpaired) electrons. The molecule has 3 fully saturated rings. The SMILES string of the molecule is C1CCC([C@@H](N[C@H]2CCOC2)C2CC2)CC1. The first-order valence-corrected chi connectivity index (χ1v) is 7.27. The monoisotopic (exact) mass is 223 g/mol. The van der Waals surface area contributed by atoms with Crippen LogP contribution in [0.3, 0.4) is 0 Å². The molecule has 92 valence electrons. The van der Waals surface area contributed by atoms with Crippen LogP contribution in [0.25, 0.3) is 0 Å². The maximum absolute atomic E-state index is 5.48.